The maximum Gasteiger partial charge on any atom is 0.334 e. The number of carbonyl (C=O) groups excluding carboxylic acids is 1. The van der Waals surface area contributed by atoms with Crippen molar-refractivity contribution in [3.8, 4) is 0 Å². The minimum Gasteiger partial charge on any atom is -0.454 e. The summed E-state index contributed by atoms with van der Waals surface area (Å²) in [7, 11) is 0. The van der Waals surface area contributed by atoms with E-state index >= 15 is 0 Å². The van der Waals surface area contributed by atoms with Crippen molar-refractivity contribution in [2.45, 2.75) is 64.3 Å². The Bertz CT molecular complexity index is 460. The summed E-state index contributed by atoms with van der Waals surface area (Å²) in [6, 6.07) is 0. The maximum atomic E-state index is 11.7. The molecule has 0 radical (unpaired) electrons. The standard InChI is InChI=1S/C15H20O3/c1-9-5-4-6-15(3)13(18-15)8-11-10(2)14(16)17-12(11)7-9/h5,12-13H,4,6-8H2,1-3H3. The van der Waals surface area contributed by atoms with Gasteiger partial charge in [0.05, 0.1) is 11.7 Å². The molecule has 3 unspecified atom stereocenters. The first-order chi connectivity index (χ1) is 8.49. The van der Waals surface area contributed by atoms with Crippen molar-refractivity contribution in [2.75, 3.05) is 0 Å². The van der Waals surface area contributed by atoms with Crippen LogP contribution >= 0.6 is 0 Å². The third kappa shape index (κ3) is 1.91. The normalized spacial score (nSPS) is 39.7. The largest absolute Gasteiger partial charge is 0.454 e. The molecule has 0 bridgehead atoms. The molecule has 3 atom stereocenters. The van der Waals surface area contributed by atoms with E-state index in [1.807, 2.05) is 6.92 Å². The van der Waals surface area contributed by atoms with Gasteiger partial charge in [0.25, 0.3) is 0 Å². The van der Waals surface area contributed by atoms with Gasteiger partial charge in [0.1, 0.15) is 6.10 Å². The number of epoxide rings is 1. The van der Waals surface area contributed by atoms with Gasteiger partial charge in [0, 0.05) is 18.4 Å². The van der Waals surface area contributed by atoms with Crippen molar-refractivity contribution in [2.24, 2.45) is 0 Å². The smallest absolute Gasteiger partial charge is 0.334 e. The molecular weight excluding hydrogens is 228 g/mol. The zero-order chi connectivity index (χ0) is 12.9. The fourth-order valence-electron chi connectivity index (χ4n) is 3.06. The summed E-state index contributed by atoms with van der Waals surface area (Å²) in [6.07, 6.45) is 6.28. The third-order valence-corrected chi connectivity index (χ3v) is 4.51. The molecule has 0 amide bonds. The van der Waals surface area contributed by atoms with Crippen LogP contribution in [0.15, 0.2) is 22.8 Å². The lowest BCUT2D eigenvalue weighted by Crippen LogP contribution is -2.17. The Morgan fingerprint density at radius 2 is 2.11 bits per heavy atom. The van der Waals surface area contributed by atoms with Crippen LogP contribution in [0.1, 0.15) is 46.5 Å². The van der Waals surface area contributed by atoms with Crippen molar-refractivity contribution in [3.63, 3.8) is 0 Å². The number of allylic oxidation sites excluding steroid dienone is 1. The van der Waals surface area contributed by atoms with Crippen molar-refractivity contribution in [1.29, 1.82) is 0 Å². The van der Waals surface area contributed by atoms with E-state index < -0.39 is 0 Å². The van der Waals surface area contributed by atoms with Crippen molar-refractivity contribution in [1.82, 2.24) is 0 Å². The molecule has 2 aliphatic heterocycles. The summed E-state index contributed by atoms with van der Waals surface area (Å²) < 4.78 is 11.3. The predicted molar refractivity (Wildman–Crippen MR) is 68.1 cm³/mol. The highest BCUT2D eigenvalue weighted by molar-refractivity contribution is 5.91. The summed E-state index contributed by atoms with van der Waals surface area (Å²) in [6.45, 7) is 6.17. The Morgan fingerprint density at radius 3 is 2.89 bits per heavy atom. The molecule has 0 spiro atoms. The lowest BCUT2D eigenvalue weighted by atomic mass is 9.89. The molecule has 3 rings (SSSR count). The predicted octanol–water partition coefficient (Wildman–Crippen LogP) is 2.91. The third-order valence-electron chi connectivity index (χ3n) is 4.51. The molecule has 0 N–H and O–H groups in total. The summed E-state index contributed by atoms with van der Waals surface area (Å²) >= 11 is 0. The zero-order valence-corrected chi connectivity index (χ0v) is 11.3. The van der Waals surface area contributed by atoms with Crippen molar-refractivity contribution in [3.05, 3.63) is 22.8 Å². The van der Waals surface area contributed by atoms with E-state index in [0.29, 0.717) is 0 Å². The second kappa shape index (κ2) is 3.95. The van der Waals surface area contributed by atoms with E-state index in [4.69, 9.17) is 9.47 Å². The van der Waals surface area contributed by atoms with Crippen molar-refractivity contribution >= 4 is 5.97 Å². The van der Waals surface area contributed by atoms with E-state index in [-0.39, 0.29) is 23.8 Å². The van der Waals surface area contributed by atoms with Gasteiger partial charge < -0.3 is 9.47 Å². The summed E-state index contributed by atoms with van der Waals surface area (Å²) in [5.41, 5.74) is 3.27. The summed E-state index contributed by atoms with van der Waals surface area (Å²) in [4.78, 5) is 11.7. The number of hydrogen-bond acceptors (Lipinski definition) is 3. The fraction of sp³-hybridized carbons (Fsp3) is 0.667. The molecule has 3 nitrogen and oxygen atoms in total. The van der Waals surface area contributed by atoms with E-state index in [1.54, 1.807) is 0 Å². The number of rotatable bonds is 0. The van der Waals surface area contributed by atoms with Crippen LogP contribution in [0, 0.1) is 0 Å². The SMILES string of the molecule is CC1=CCCC2(C)OC2CC2=C(C)C(=O)OC2C1. The van der Waals surface area contributed by atoms with Crippen LogP contribution in [-0.2, 0) is 14.3 Å². The van der Waals surface area contributed by atoms with E-state index in [1.165, 1.54) is 5.57 Å². The van der Waals surface area contributed by atoms with Gasteiger partial charge in [-0.05, 0) is 39.2 Å². The van der Waals surface area contributed by atoms with Gasteiger partial charge in [0.2, 0.25) is 0 Å². The molecular formula is C15H20O3. The highest BCUT2D eigenvalue weighted by atomic mass is 16.6. The Morgan fingerprint density at radius 1 is 1.33 bits per heavy atom. The van der Waals surface area contributed by atoms with Crippen LogP contribution < -0.4 is 0 Å². The van der Waals surface area contributed by atoms with Crippen LogP contribution in [0.3, 0.4) is 0 Å². The van der Waals surface area contributed by atoms with Gasteiger partial charge in [-0.15, -0.1) is 0 Å². The Labute approximate surface area is 108 Å². The molecule has 1 saturated heterocycles. The minimum atomic E-state index is -0.149. The second-order valence-corrected chi connectivity index (χ2v) is 5.96. The maximum absolute atomic E-state index is 11.7. The summed E-state index contributed by atoms with van der Waals surface area (Å²) in [5, 5.41) is 0. The Hall–Kier alpha value is -1.09. The van der Waals surface area contributed by atoms with Gasteiger partial charge >= 0.3 is 5.97 Å². The molecule has 0 aromatic heterocycles. The average Bonchev–Trinajstić information content (AvgIpc) is 2.86. The van der Waals surface area contributed by atoms with Crippen LogP contribution in [0.4, 0.5) is 0 Å². The first-order valence-electron chi connectivity index (χ1n) is 6.74. The number of esters is 1. The Balaban J connectivity index is 1.91. The van der Waals surface area contributed by atoms with E-state index in [9.17, 15) is 4.79 Å². The molecule has 3 aliphatic rings. The molecule has 98 valence electrons. The second-order valence-electron chi connectivity index (χ2n) is 5.96. The number of hydrogen-bond donors (Lipinski definition) is 0. The van der Waals surface area contributed by atoms with Gasteiger partial charge in [-0.25, -0.2) is 4.79 Å². The summed E-state index contributed by atoms with van der Waals surface area (Å²) in [5.74, 6) is -0.149. The lowest BCUT2D eigenvalue weighted by molar-refractivity contribution is -0.139. The average molecular weight is 248 g/mol. The highest BCUT2D eigenvalue weighted by Gasteiger charge is 2.52. The molecule has 0 aromatic carbocycles. The van der Waals surface area contributed by atoms with Crippen LogP contribution in [-0.4, -0.2) is 23.8 Å². The van der Waals surface area contributed by atoms with Crippen LogP contribution in [0.2, 0.25) is 0 Å². The van der Waals surface area contributed by atoms with E-state index in [2.05, 4.69) is 19.9 Å². The lowest BCUT2D eigenvalue weighted by Gasteiger charge is -2.16. The number of carbonyl (C=O) groups is 1. The van der Waals surface area contributed by atoms with Crippen molar-refractivity contribution < 1.29 is 14.3 Å². The zero-order valence-electron chi connectivity index (χ0n) is 11.3. The van der Waals surface area contributed by atoms with Gasteiger partial charge in [-0.1, -0.05) is 11.6 Å². The topological polar surface area (TPSA) is 38.8 Å². The first-order valence-corrected chi connectivity index (χ1v) is 6.74. The van der Waals surface area contributed by atoms with Gasteiger partial charge in [0.15, 0.2) is 0 Å². The van der Waals surface area contributed by atoms with Crippen LogP contribution in [0.25, 0.3) is 0 Å². The quantitative estimate of drug-likeness (QED) is 0.376. The molecule has 0 aromatic rings. The molecule has 18 heavy (non-hydrogen) atoms. The number of fused-ring (bicyclic) bond motifs is 2. The fourth-order valence-corrected chi connectivity index (χ4v) is 3.06. The highest BCUT2D eigenvalue weighted by Crippen LogP contribution is 2.46. The van der Waals surface area contributed by atoms with Gasteiger partial charge in [-0.3, -0.25) is 0 Å². The minimum absolute atomic E-state index is 0.0115. The molecule has 1 fully saturated rings. The molecule has 1 aliphatic carbocycles. The number of ether oxygens (including phenoxy) is 2. The molecule has 0 saturated carbocycles. The Kier molecular flexibility index (Phi) is 2.63. The first kappa shape index (κ1) is 12.0. The molecule has 2 heterocycles. The molecule has 3 heteroatoms. The van der Waals surface area contributed by atoms with Gasteiger partial charge in [-0.2, -0.15) is 0 Å². The van der Waals surface area contributed by atoms with Crippen LogP contribution in [0.5, 0.6) is 0 Å². The van der Waals surface area contributed by atoms with E-state index in [0.717, 1.165) is 36.8 Å². The monoisotopic (exact) mass is 248 g/mol.